The Morgan fingerprint density at radius 2 is 2.18 bits per heavy atom. The predicted octanol–water partition coefficient (Wildman–Crippen LogP) is 0.907. The number of benzene rings is 1. The Morgan fingerprint density at radius 1 is 1.53 bits per heavy atom. The molecule has 0 atom stereocenters. The van der Waals surface area contributed by atoms with Crippen LogP contribution in [0.3, 0.4) is 0 Å². The van der Waals surface area contributed by atoms with E-state index in [1.54, 1.807) is 19.0 Å². The first-order valence-electron chi connectivity index (χ1n) is 4.71. The molecule has 0 saturated carbocycles. The molecule has 0 aromatic heterocycles. The fraction of sp³-hybridized carbons (Fsp3) is 0.200. The average Bonchev–Trinajstić information content (AvgIpc) is 2.25. The van der Waals surface area contributed by atoms with Crippen molar-refractivity contribution in [2.24, 2.45) is 4.99 Å². The van der Waals surface area contributed by atoms with Gasteiger partial charge in [-0.3, -0.25) is 14.9 Å². The fourth-order valence-corrected chi connectivity index (χ4v) is 1.14. The van der Waals surface area contributed by atoms with Crippen molar-refractivity contribution in [1.29, 1.82) is 0 Å². The molecule has 0 saturated heterocycles. The van der Waals surface area contributed by atoms with Crippen molar-refractivity contribution in [3.63, 3.8) is 0 Å². The molecule has 0 unspecified atom stereocenters. The maximum absolute atomic E-state index is 11.6. The number of para-hydroxylation sites is 1. The average molecular weight is 236 g/mol. The molecule has 0 heterocycles. The number of carbonyl (C=O) groups is 1. The minimum absolute atomic E-state index is 0.0253. The summed E-state index contributed by atoms with van der Waals surface area (Å²) in [5, 5.41) is 10.6. The second-order valence-corrected chi connectivity index (χ2v) is 3.51. The minimum Gasteiger partial charge on any atom is -0.393 e. The summed E-state index contributed by atoms with van der Waals surface area (Å²) < 4.78 is 0. The molecule has 1 aromatic rings. The number of nitrogens with two attached hydrogens (primary N) is 1. The van der Waals surface area contributed by atoms with Gasteiger partial charge in [0.1, 0.15) is 5.69 Å². The van der Waals surface area contributed by atoms with Gasteiger partial charge in [-0.2, -0.15) is 4.99 Å². The zero-order chi connectivity index (χ0) is 13.0. The molecule has 17 heavy (non-hydrogen) atoms. The van der Waals surface area contributed by atoms with Crippen LogP contribution in [-0.4, -0.2) is 36.2 Å². The van der Waals surface area contributed by atoms with Gasteiger partial charge in [0.25, 0.3) is 11.6 Å². The Morgan fingerprint density at radius 3 is 2.71 bits per heavy atom. The van der Waals surface area contributed by atoms with Crippen LogP contribution in [0.1, 0.15) is 10.4 Å². The van der Waals surface area contributed by atoms with E-state index in [0.29, 0.717) is 0 Å². The van der Waals surface area contributed by atoms with Gasteiger partial charge in [-0.25, -0.2) is 0 Å². The fourth-order valence-electron chi connectivity index (χ4n) is 1.14. The molecule has 2 N–H and O–H groups in total. The number of hydrogen-bond donors (Lipinski definition) is 1. The van der Waals surface area contributed by atoms with Crippen LogP contribution in [0.5, 0.6) is 0 Å². The zero-order valence-electron chi connectivity index (χ0n) is 9.45. The molecule has 0 aliphatic carbocycles. The van der Waals surface area contributed by atoms with Crippen LogP contribution in [0.2, 0.25) is 0 Å². The van der Waals surface area contributed by atoms with Gasteiger partial charge in [0.2, 0.25) is 0 Å². The van der Waals surface area contributed by atoms with Crippen LogP contribution in [0.15, 0.2) is 23.2 Å². The van der Waals surface area contributed by atoms with Crippen molar-refractivity contribution < 1.29 is 9.72 Å². The van der Waals surface area contributed by atoms with E-state index < -0.39 is 10.8 Å². The van der Waals surface area contributed by atoms with Gasteiger partial charge >= 0.3 is 0 Å². The van der Waals surface area contributed by atoms with E-state index >= 15 is 0 Å². The molecular weight excluding hydrogens is 224 g/mol. The van der Waals surface area contributed by atoms with Gasteiger partial charge in [-0.1, -0.05) is 6.07 Å². The predicted molar refractivity (Wildman–Crippen MR) is 64.0 cm³/mol. The smallest absolute Gasteiger partial charge is 0.292 e. The van der Waals surface area contributed by atoms with Crippen LogP contribution in [0.25, 0.3) is 0 Å². The van der Waals surface area contributed by atoms with Gasteiger partial charge in [-0.15, -0.1) is 0 Å². The number of nitrogens with zero attached hydrogens (tertiary/aromatic N) is 3. The van der Waals surface area contributed by atoms with Crippen molar-refractivity contribution >= 4 is 23.6 Å². The number of amides is 1. The van der Waals surface area contributed by atoms with Crippen LogP contribution in [0, 0.1) is 10.1 Å². The van der Waals surface area contributed by atoms with Gasteiger partial charge < -0.3 is 10.6 Å². The number of nitrogen functional groups attached to an aromatic ring is 1. The molecule has 1 rings (SSSR count). The highest BCUT2D eigenvalue weighted by Crippen LogP contribution is 2.25. The first-order valence-corrected chi connectivity index (χ1v) is 4.71. The number of nitro benzene ring substituents is 1. The largest absolute Gasteiger partial charge is 0.393 e. The van der Waals surface area contributed by atoms with Gasteiger partial charge in [0.15, 0.2) is 0 Å². The summed E-state index contributed by atoms with van der Waals surface area (Å²) in [6, 6.07) is 4.03. The number of anilines is 1. The molecule has 90 valence electrons. The second kappa shape index (κ2) is 5.06. The van der Waals surface area contributed by atoms with Crippen molar-refractivity contribution in [2.45, 2.75) is 0 Å². The first-order chi connectivity index (χ1) is 7.93. The molecule has 0 fully saturated rings. The maximum atomic E-state index is 11.6. The van der Waals surface area contributed by atoms with Crippen LogP contribution >= 0.6 is 0 Å². The van der Waals surface area contributed by atoms with Crippen molar-refractivity contribution in [1.82, 2.24) is 4.90 Å². The number of rotatable bonds is 3. The quantitative estimate of drug-likeness (QED) is 0.276. The highest BCUT2D eigenvalue weighted by Gasteiger charge is 2.18. The topological polar surface area (TPSA) is 102 Å². The van der Waals surface area contributed by atoms with E-state index in [9.17, 15) is 14.9 Å². The lowest BCUT2D eigenvalue weighted by molar-refractivity contribution is -0.383. The van der Waals surface area contributed by atoms with E-state index in [4.69, 9.17) is 5.73 Å². The number of aliphatic imine (C=N–C) groups is 1. The van der Waals surface area contributed by atoms with E-state index in [1.165, 1.54) is 24.5 Å². The lowest BCUT2D eigenvalue weighted by Crippen LogP contribution is -2.11. The molecule has 0 radical (unpaired) electrons. The number of nitro groups is 1. The van der Waals surface area contributed by atoms with Gasteiger partial charge in [-0.05, 0) is 6.07 Å². The van der Waals surface area contributed by atoms with E-state index in [-0.39, 0.29) is 16.9 Å². The minimum atomic E-state index is -0.637. The Bertz CT molecular complexity index is 482. The van der Waals surface area contributed by atoms with Crippen molar-refractivity contribution in [3.8, 4) is 0 Å². The van der Waals surface area contributed by atoms with Crippen LogP contribution < -0.4 is 5.73 Å². The molecule has 1 aromatic carbocycles. The Hall–Kier alpha value is -2.44. The summed E-state index contributed by atoms with van der Waals surface area (Å²) in [7, 11) is 3.40. The summed E-state index contributed by atoms with van der Waals surface area (Å²) >= 11 is 0. The lowest BCUT2D eigenvalue weighted by atomic mass is 10.1. The SMILES string of the molecule is CN(C)C=NC(=O)c1cccc([N+](=O)[O-])c1N. The van der Waals surface area contributed by atoms with Gasteiger partial charge in [0.05, 0.1) is 16.8 Å². The third-order valence-corrected chi connectivity index (χ3v) is 1.92. The normalized spacial score (nSPS) is 10.5. The standard InChI is InChI=1S/C10H12N4O3/c1-13(2)6-12-10(15)7-4-3-5-8(9(7)11)14(16)17/h3-6H,11H2,1-2H3. The molecule has 1 amide bonds. The molecular formula is C10H12N4O3. The Balaban J connectivity index is 3.11. The van der Waals surface area contributed by atoms with E-state index in [1.807, 2.05) is 0 Å². The summed E-state index contributed by atoms with van der Waals surface area (Å²) in [5.74, 6) is -0.611. The van der Waals surface area contributed by atoms with Crippen molar-refractivity contribution in [3.05, 3.63) is 33.9 Å². The molecule has 0 aliphatic rings. The Labute approximate surface area is 97.7 Å². The second-order valence-electron chi connectivity index (χ2n) is 3.51. The number of hydrogen-bond acceptors (Lipinski definition) is 4. The number of carbonyl (C=O) groups excluding carboxylic acids is 1. The molecule has 0 spiro atoms. The van der Waals surface area contributed by atoms with Crippen LogP contribution in [0.4, 0.5) is 11.4 Å². The molecule has 0 aliphatic heterocycles. The molecule has 7 heteroatoms. The lowest BCUT2D eigenvalue weighted by Gasteiger charge is -2.04. The third kappa shape index (κ3) is 3.00. The van der Waals surface area contributed by atoms with E-state index in [0.717, 1.165) is 0 Å². The zero-order valence-corrected chi connectivity index (χ0v) is 9.45. The summed E-state index contributed by atoms with van der Waals surface area (Å²) in [4.78, 5) is 26.8. The van der Waals surface area contributed by atoms with Crippen molar-refractivity contribution in [2.75, 3.05) is 19.8 Å². The molecule has 7 nitrogen and oxygen atoms in total. The first kappa shape index (κ1) is 12.6. The maximum Gasteiger partial charge on any atom is 0.292 e. The Kier molecular flexibility index (Phi) is 3.76. The molecule has 0 bridgehead atoms. The third-order valence-electron chi connectivity index (χ3n) is 1.92. The van der Waals surface area contributed by atoms with Crippen LogP contribution in [-0.2, 0) is 0 Å². The summed E-state index contributed by atoms with van der Waals surface area (Å²) in [6.07, 6.45) is 1.31. The summed E-state index contributed by atoms with van der Waals surface area (Å²) in [6.45, 7) is 0. The highest BCUT2D eigenvalue weighted by atomic mass is 16.6. The summed E-state index contributed by atoms with van der Waals surface area (Å²) in [5.41, 5.74) is 5.10. The monoisotopic (exact) mass is 236 g/mol. The van der Waals surface area contributed by atoms with Gasteiger partial charge in [0, 0.05) is 20.2 Å². The highest BCUT2D eigenvalue weighted by molar-refractivity contribution is 6.04. The van der Waals surface area contributed by atoms with E-state index in [2.05, 4.69) is 4.99 Å².